The van der Waals surface area contributed by atoms with E-state index in [1.165, 1.54) is 0 Å². The number of rotatable bonds is 8. The van der Waals surface area contributed by atoms with Crippen LogP contribution in [0.5, 0.6) is 0 Å². The predicted octanol–water partition coefficient (Wildman–Crippen LogP) is 2.97. The van der Waals surface area contributed by atoms with Crippen LogP contribution >= 0.6 is 15.9 Å². The molecule has 0 spiro atoms. The van der Waals surface area contributed by atoms with Crippen molar-refractivity contribution in [2.75, 3.05) is 13.1 Å². The lowest BCUT2D eigenvalue weighted by Crippen LogP contribution is -2.51. The Labute approximate surface area is 168 Å². The van der Waals surface area contributed by atoms with Gasteiger partial charge in [0.1, 0.15) is 5.54 Å². The number of urea groups is 1. The molecule has 0 aromatic heterocycles. The van der Waals surface area contributed by atoms with Crippen molar-refractivity contribution in [2.45, 2.75) is 52.1 Å². The Morgan fingerprint density at radius 1 is 1.33 bits per heavy atom. The molecule has 0 aliphatic carbocycles. The number of hydrogen-bond donors (Lipinski definition) is 2. The van der Waals surface area contributed by atoms with E-state index in [0.717, 1.165) is 21.5 Å². The number of carbonyl (C=O) groups is 3. The molecule has 1 fully saturated rings. The Kier molecular flexibility index (Phi) is 7.00. The summed E-state index contributed by atoms with van der Waals surface area (Å²) in [6.45, 7) is 8.33. The molecule has 1 heterocycles. The van der Waals surface area contributed by atoms with Gasteiger partial charge in [0.25, 0.3) is 11.8 Å². The van der Waals surface area contributed by atoms with Crippen LogP contribution in [-0.4, -0.2) is 46.4 Å². The molecular formula is C19H27BrN4O3. The van der Waals surface area contributed by atoms with Crippen molar-refractivity contribution in [1.82, 2.24) is 20.7 Å². The van der Waals surface area contributed by atoms with Gasteiger partial charge in [-0.2, -0.15) is 5.01 Å². The van der Waals surface area contributed by atoms with Gasteiger partial charge in [0.05, 0.1) is 6.54 Å². The molecule has 8 heteroatoms. The van der Waals surface area contributed by atoms with Gasteiger partial charge < -0.3 is 5.32 Å². The molecule has 1 aliphatic heterocycles. The van der Waals surface area contributed by atoms with Crippen LogP contribution in [0.1, 0.15) is 52.1 Å². The van der Waals surface area contributed by atoms with Crippen molar-refractivity contribution >= 4 is 33.8 Å². The molecule has 1 aliphatic rings. The summed E-state index contributed by atoms with van der Waals surface area (Å²) >= 11 is 3.56. The minimum atomic E-state index is -0.977. The minimum Gasteiger partial charge on any atom is -0.322 e. The van der Waals surface area contributed by atoms with Crippen molar-refractivity contribution < 1.29 is 14.4 Å². The highest BCUT2D eigenvalue weighted by Gasteiger charge is 2.47. The third-order valence-electron chi connectivity index (χ3n) is 4.97. The van der Waals surface area contributed by atoms with Crippen LogP contribution in [-0.2, 0) is 9.59 Å². The second-order valence-corrected chi connectivity index (χ2v) is 7.81. The third kappa shape index (κ3) is 4.68. The van der Waals surface area contributed by atoms with Gasteiger partial charge >= 0.3 is 6.03 Å². The Balaban J connectivity index is 2.08. The lowest BCUT2D eigenvalue weighted by Gasteiger charge is -2.29. The van der Waals surface area contributed by atoms with Gasteiger partial charge in [-0.25, -0.2) is 4.79 Å². The first-order valence-corrected chi connectivity index (χ1v) is 9.97. The van der Waals surface area contributed by atoms with Crippen molar-refractivity contribution in [3.05, 3.63) is 34.3 Å². The zero-order valence-electron chi connectivity index (χ0n) is 16.2. The first-order chi connectivity index (χ1) is 12.7. The summed E-state index contributed by atoms with van der Waals surface area (Å²) in [6.07, 6.45) is 1.32. The van der Waals surface area contributed by atoms with E-state index in [0.29, 0.717) is 13.0 Å². The molecule has 1 aromatic carbocycles. The average Bonchev–Trinajstić information content (AvgIpc) is 2.85. The van der Waals surface area contributed by atoms with Crippen LogP contribution in [0, 0.1) is 0 Å². The number of carbonyl (C=O) groups excluding carboxylic acids is 3. The molecule has 2 N–H and O–H groups in total. The summed E-state index contributed by atoms with van der Waals surface area (Å²) in [7, 11) is 0. The average molecular weight is 439 g/mol. The van der Waals surface area contributed by atoms with E-state index in [1.54, 1.807) is 6.92 Å². The van der Waals surface area contributed by atoms with E-state index in [4.69, 9.17) is 0 Å². The minimum absolute atomic E-state index is 0.00436. The number of imide groups is 1. The van der Waals surface area contributed by atoms with Crippen molar-refractivity contribution in [3.63, 3.8) is 0 Å². The van der Waals surface area contributed by atoms with Crippen molar-refractivity contribution in [3.8, 4) is 0 Å². The highest BCUT2D eigenvalue weighted by atomic mass is 79.9. The Hall–Kier alpha value is -1.93. The molecule has 148 valence electrons. The van der Waals surface area contributed by atoms with E-state index >= 15 is 0 Å². The van der Waals surface area contributed by atoms with Gasteiger partial charge in [0.15, 0.2) is 0 Å². The van der Waals surface area contributed by atoms with E-state index < -0.39 is 23.4 Å². The summed E-state index contributed by atoms with van der Waals surface area (Å²) in [5.74, 6) is -0.838. The maximum Gasteiger partial charge on any atom is 0.344 e. The molecule has 7 nitrogen and oxygen atoms in total. The van der Waals surface area contributed by atoms with Crippen molar-refractivity contribution in [1.29, 1.82) is 0 Å². The van der Waals surface area contributed by atoms with Crippen LogP contribution in [0.3, 0.4) is 0 Å². The molecule has 4 amide bonds. The Morgan fingerprint density at radius 3 is 2.56 bits per heavy atom. The molecule has 1 aromatic rings. The number of hydrogen-bond acceptors (Lipinski definition) is 4. The summed E-state index contributed by atoms with van der Waals surface area (Å²) in [5.41, 5.74) is 2.56. The fourth-order valence-corrected chi connectivity index (χ4v) is 3.69. The smallest absolute Gasteiger partial charge is 0.322 e. The molecule has 0 unspecified atom stereocenters. The molecule has 2 atom stereocenters. The SMILES string of the molecule is CCCN(CC(=O)NN1C(=O)N[C@](C)(CC)C1=O)[C@@H](C)c1ccccc1Br. The number of hydrazine groups is 1. The maximum absolute atomic E-state index is 12.6. The lowest BCUT2D eigenvalue weighted by atomic mass is 10.00. The normalized spacial score (nSPS) is 20.7. The standard InChI is InChI=1S/C19H27BrN4O3/c1-5-11-23(13(3)14-9-7-8-10-15(14)20)12-16(25)22-24-17(26)19(4,6-2)21-18(24)27/h7-10,13H,5-6,11-12H2,1-4H3,(H,21,27)(H,22,25)/t13-,19+/m0/s1. The number of nitrogens with one attached hydrogen (secondary N) is 2. The van der Waals surface area contributed by atoms with E-state index in [9.17, 15) is 14.4 Å². The first-order valence-electron chi connectivity index (χ1n) is 9.18. The number of benzene rings is 1. The van der Waals surface area contributed by atoms with Gasteiger partial charge in [0.2, 0.25) is 0 Å². The highest BCUT2D eigenvalue weighted by molar-refractivity contribution is 9.10. The molecule has 0 radical (unpaired) electrons. The summed E-state index contributed by atoms with van der Waals surface area (Å²) in [4.78, 5) is 39.1. The maximum atomic E-state index is 12.6. The number of halogens is 1. The predicted molar refractivity (Wildman–Crippen MR) is 107 cm³/mol. The van der Waals surface area contributed by atoms with Gasteiger partial charge in [-0.05, 0) is 44.9 Å². The number of amides is 4. The second kappa shape index (κ2) is 8.84. The molecule has 2 rings (SSSR count). The van der Waals surface area contributed by atoms with E-state index in [1.807, 2.05) is 49.9 Å². The fourth-order valence-electron chi connectivity index (χ4n) is 3.08. The van der Waals surface area contributed by atoms with Crippen LogP contribution in [0.25, 0.3) is 0 Å². The fraction of sp³-hybridized carbons (Fsp3) is 0.526. The monoisotopic (exact) mass is 438 g/mol. The van der Waals surface area contributed by atoms with Crippen molar-refractivity contribution in [2.24, 2.45) is 0 Å². The quantitative estimate of drug-likeness (QED) is 0.611. The van der Waals surface area contributed by atoms with Gasteiger partial charge in [-0.1, -0.05) is 48.0 Å². The zero-order chi connectivity index (χ0) is 20.2. The third-order valence-corrected chi connectivity index (χ3v) is 5.69. The molecule has 0 bridgehead atoms. The highest BCUT2D eigenvalue weighted by Crippen LogP contribution is 2.27. The van der Waals surface area contributed by atoms with Crippen LogP contribution in [0.4, 0.5) is 4.79 Å². The second-order valence-electron chi connectivity index (χ2n) is 6.96. The van der Waals surface area contributed by atoms with Gasteiger partial charge in [0, 0.05) is 10.5 Å². The zero-order valence-corrected chi connectivity index (χ0v) is 17.8. The summed E-state index contributed by atoms with van der Waals surface area (Å²) in [6, 6.07) is 7.28. The summed E-state index contributed by atoms with van der Waals surface area (Å²) < 4.78 is 0.979. The number of nitrogens with zero attached hydrogens (tertiary/aromatic N) is 2. The Morgan fingerprint density at radius 2 is 2.00 bits per heavy atom. The largest absolute Gasteiger partial charge is 0.344 e. The molecular weight excluding hydrogens is 412 g/mol. The van der Waals surface area contributed by atoms with Crippen LogP contribution in [0.15, 0.2) is 28.7 Å². The first kappa shape index (κ1) is 21.4. The molecule has 0 saturated carbocycles. The van der Waals surface area contributed by atoms with Gasteiger partial charge in [-0.15, -0.1) is 0 Å². The van der Waals surface area contributed by atoms with Crippen LogP contribution < -0.4 is 10.7 Å². The van der Waals surface area contributed by atoms with Crippen LogP contribution in [0.2, 0.25) is 0 Å². The molecule has 27 heavy (non-hydrogen) atoms. The Bertz CT molecular complexity index is 727. The van der Waals surface area contributed by atoms with E-state index in [2.05, 4.69) is 26.7 Å². The lowest BCUT2D eigenvalue weighted by molar-refractivity contribution is -0.139. The van der Waals surface area contributed by atoms with Gasteiger partial charge in [-0.3, -0.25) is 19.9 Å². The molecule has 1 saturated heterocycles. The topological polar surface area (TPSA) is 81.8 Å². The summed E-state index contributed by atoms with van der Waals surface area (Å²) in [5, 5.41) is 3.41. The van der Waals surface area contributed by atoms with E-state index in [-0.39, 0.29) is 12.6 Å².